The van der Waals surface area contributed by atoms with Crippen molar-refractivity contribution in [2.24, 2.45) is 5.73 Å². The van der Waals surface area contributed by atoms with Crippen LogP contribution >= 0.6 is 7.82 Å². The van der Waals surface area contributed by atoms with Crippen molar-refractivity contribution in [3.05, 3.63) is 11.6 Å². The smallest absolute Gasteiger partial charge is 0.387 e. The molecule has 2 rings (SSSR count). The molecule has 21 heavy (non-hydrogen) atoms. The fourth-order valence-electron chi connectivity index (χ4n) is 1.79. The minimum Gasteiger partial charge on any atom is -0.387 e. The number of primary amides is 1. The number of hydrogen-bond donors (Lipinski definition) is 6. The SMILES string of the molecule is NC(=O)c1n[nH]c(C2OC(COP(=O)(O)O)C(O)C2O)n1. The van der Waals surface area contributed by atoms with E-state index < -0.39 is 44.8 Å². The molecule has 0 saturated carbocycles. The van der Waals surface area contributed by atoms with Gasteiger partial charge in [0.25, 0.3) is 5.91 Å². The van der Waals surface area contributed by atoms with Gasteiger partial charge < -0.3 is 30.5 Å². The molecule has 4 atom stereocenters. The van der Waals surface area contributed by atoms with Crippen LogP contribution in [0.2, 0.25) is 0 Å². The number of aliphatic hydroxyl groups is 2. The van der Waals surface area contributed by atoms with Crippen LogP contribution < -0.4 is 5.73 Å². The van der Waals surface area contributed by atoms with Gasteiger partial charge in [-0.3, -0.25) is 14.4 Å². The Morgan fingerprint density at radius 1 is 1.43 bits per heavy atom. The number of aliphatic hydroxyl groups excluding tert-OH is 2. The number of ether oxygens (including phenoxy) is 1. The number of nitrogens with two attached hydrogens (primary N) is 1. The Hall–Kier alpha value is -1.40. The topological polar surface area (TPSA) is 201 Å². The van der Waals surface area contributed by atoms with Gasteiger partial charge in [-0.15, -0.1) is 5.10 Å². The fourth-order valence-corrected chi connectivity index (χ4v) is 2.14. The van der Waals surface area contributed by atoms with Crippen LogP contribution in [-0.2, 0) is 13.8 Å². The number of aromatic amines is 1. The molecule has 0 spiro atoms. The van der Waals surface area contributed by atoms with Crippen molar-refractivity contribution in [3.8, 4) is 0 Å². The Morgan fingerprint density at radius 3 is 2.62 bits per heavy atom. The molecule has 118 valence electrons. The van der Waals surface area contributed by atoms with E-state index in [-0.39, 0.29) is 11.6 Å². The molecule has 0 aromatic carbocycles. The van der Waals surface area contributed by atoms with Crippen LogP contribution in [-0.4, -0.2) is 66.0 Å². The second kappa shape index (κ2) is 5.77. The highest BCUT2D eigenvalue weighted by Crippen LogP contribution is 2.38. The Morgan fingerprint density at radius 2 is 2.10 bits per heavy atom. The third kappa shape index (κ3) is 3.63. The Bertz CT molecular complexity index is 572. The summed E-state index contributed by atoms with van der Waals surface area (Å²) in [7, 11) is -4.73. The zero-order valence-corrected chi connectivity index (χ0v) is 11.3. The van der Waals surface area contributed by atoms with Crippen molar-refractivity contribution in [3.63, 3.8) is 0 Å². The summed E-state index contributed by atoms with van der Waals surface area (Å²) in [4.78, 5) is 31.7. The Labute approximate surface area is 117 Å². The number of phosphoric ester groups is 1. The first-order chi connectivity index (χ1) is 9.69. The second-order valence-corrected chi connectivity index (χ2v) is 5.51. The van der Waals surface area contributed by atoms with Gasteiger partial charge in [0.1, 0.15) is 24.4 Å². The fraction of sp³-hybridized carbons (Fsp3) is 0.625. The van der Waals surface area contributed by atoms with Gasteiger partial charge in [0.2, 0.25) is 5.82 Å². The van der Waals surface area contributed by atoms with Gasteiger partial charge in [-0.05, 0) is 0 Å². The van der Waals surface area contributed by atoms with E-state index in [4.69, 9.17) is 20.3 Å². The van der Waals surface area contributed by atoms with E-state index in [0.717, 1.165) is 0 Å². The number of rotatable bonds is 5. The van der Waals surface area contributed by atoms with Gasteiger partial charge >= 0.3 is 7.82 Å². The lowest BCUT2D eigenvalue weighted by Gasteiger charge is -2.14. The highest BCUT2D eigenvalue weighted by molar-refractivity contribution is 7.46. The summed E-state index contributed by atoms with van der Waals surface area (Å²) in [6.45, 7) is -0.643. The van der Waals surface area contributed by atoms with Crippen molar-refractivity contribution >= 4 is 13.7 Å². The lowest BCUT2D eigenvalue weighted by molar-refractivity contribution is -0.0247. The highest BCUT2D eigenvalue weighted by atomic mass is 31.2. The average Bonchev–Trinajstić information content (AvgIpc) is 2.94. The van der Waals surface area contributed by atoms with Crippen molar-refractivity contribution in [1.82, 2.24) is 15.2 Å². The number of phosphoric acid groups is 1. The van der Waals surface area contributed by atoms with Crippen molar-refractivity contribution < 1.29 is 38.6 Å². The van der Waals surface area contributed by atoms with E-state index in [1.807, 2.05) is 0 Å². The summed E-state index contributed by atoms with van der Waals surface area (Å²) in [5.41, 5.74) is 4.97. The van der Waals surface area contributed by atoms with Crippen LogP contribution in [0.15, 0.2) is 0 Å². The summed E-state index contributed by atoms with van der Waals surface area (Å²) in [6, 6.07) is 0. The van der Waals surface area contributed by atoms with E-state index in [1.54, 1.807) is 0 Å². The van der Waals surface area contributed by atoms with E-state index in [1.165, 1.54) is 0 Å². The molecule has 2 heterocycles. The lowest BCUT2D eigenvalue weighted by atomic mass is 10.1. The quantitative estimate of drug-likeness (QED) is 0.306. The molecule has 0 aliphatic carbocycles. The second-order valence-electron chi connectivity index (χ2n) is 4.27. The van der Waals surface area contributed by atoms with E-state index in [0.29, 0.717) is 0 Å². The maximum absolute atomic E-state index is 10.9. The monoisotopic (exact) mass is 324 g/mol. The third-order valence-corrected chi connectivity index (χ3v) is 3.25. The molecule has 1 aromatic heterocycles. The summed E-state index contributed by atoms with van der Waals surface area (Å²) in [5, 5.41) is 25.4. The molecular weight excluding hydrogens is 311 g/mol. The predicted molar refractivity (Wildman–Crippen MR) is 62.5 cm³/mol. The average molecular weight is 324 g/mol. The van der Waals surface area contributed by atoms with Crippen LogP contribution in [0.25, 0.3) is 0 Å². The highest BCUT2D eigenvalue weighted by Gasteiger charge is 2.45. The standard InChI is InChI=1S/C8H13N4O8P/c9-6(15)8-10-7(11-12-8)5-4(14)3(13)2(20-5)1-19-21(16,17)18/h2-5,13-14H,1H2,(H2,9,15)(H,10,11,12)(H2,16,17,18). The molecule has 13 heteroatoms. The summed E-state index contributed by atoms with van der Waals surface area (Å²) < 4.78 is 20.0. The zero-order chi connectivity index (χ0) is 15.8. The molecule has 1 saturated heterocycles. The normalized spacial score (nSPS) is 29.7. The van der Waals surface area contributed by atoms with Gasteiger partial charge in [0, 0.05) is 0 Å². The number of nitrogens with one attached hydrogen (secondary N) is 1. The number of amides is 1. The molecule has 7 N–H and O–H groups in total. The van der Waals surface area contributed by atoms with Crippen LogP contribution in [0.4, 0.5) is 0 Å². The van der Waals surface area contributed by atoms with Gasteiger partial charge in [-0.2, -0.15) is 0 Å². The molecular formula is C8H13N4O8P. The van der Waals surface area contributed by atoms with Crippen molar-refractivity contribution in [1.29, 1.82) is 0 Å². The Balaban J connectivity index is 2.08. The molecule has 0 radical (unpaired) electrons. The van der Waals surface area contributed by atoms with Crippen LogP contribution in [0.3, 0.4) is 0 Å². The number of hydrogen-bond acceptors (Lipinski definition) is 8. The van der Waals surface area contributed by atoms with Crippen molar-refractivity contribution in [2.45, 2.75) is 24.4 Å². The van der Waals surface area contributed by atoms with E-state index in [2.05, 4.69) is 19.7 Å². The molecule has 0 bridgehead atoms. The van der Waals surface area contributed by atoms with E-state index in [9.17, 15) is 19.6 Å². The molecule has 1 amide bonds. The largest absolute Gasteiger partial charge is 0.469 e. The maximum Gasteiger partial charge on any atom is 0.469 e. The Kier molecular flexibility index (Phi) is 4.39. The summed E-state index contributed by atoms with van der Waals surface area (Å²) in [6.07, 6.45) is -5.29. The number of H-pyrrole nitrogens is 1. The summed E-state index contributed by atoms with van der Waals surface area (Å²) >= 11 is 0. The van der Waals surface area contributed by atoms with Gasteiger partial charge in [-0.25, -0.2) is 9.55 Å². The molecule has 1 aliphatic heterocycles. The molecule has 1 aliphatic rings. The number of nitrogens with zero attached hydrogens (tertiary/aromatic N) is 2. The summed E-state index contributed by atoms with van der Waals surface area (Å²) in [5.74, 6) is -1.29. The third-order valence-electron chi connectivity index (χ3n) is 2.76. The van der Waals surface area contributed by atoms with Crippen LogP contribution in [0.1, 0.15) is 22.5 Å². The first-order valence-corrected chi connectivity index (χ1v) is 7.16. The van der Waals surface area contributed by atoms with Crippen molar-refractivity contribution in [2.75, 3.05) is 6.61 Å². The maximum atomic E-state index is 10.9. The molecule has 4 unspecified atom stereocenters. The van der Waals surface area contributed by atoms with Crippen LogP contribution in [0, 0.1) is 0 Å². The number of carbonyl (C=O) groups is 1. The first-order valence-electron chi connectivity index (χ1n) is 5.63. The van der Waals surface area contributed by atoms with Gasteiger partial charge in [-0.1, -0.05) is 0 Å². The molecule has 1 fully saturated rings. The van der Waals surface area contributed by atoms with Crippen LogP contribution in [0.5, 0.6) is 0 Å². The van der Waals surface area contributed by atoms with Gasteiger partial charge in [0.05, 0.1) is 6.61 Å². The van der Waals surface area contributed by atoms with Gasteiger partial charge in [0.15, 0.2) is 5.82 Å². The number of carbonyl (C=O) groups excluding carboxylic acids is 1. The first kappa shape index (κ1) is 16.0. The van der Waals surface area contributed by atoms with E-state index >= 15 is 0 Å². The lowest BCUT2D eigenvalue weighted by Crippen LogP contribution is -2.33. The minimum absolute atomic E-state index is 0.0611. The predicted octanol–water partition coefficient (Wildman–Crippen LogP) is -2.83. The zero-order valence-electron chi connectivity index (χ0n) is 10.4. The molecule has 12 nitrogen and oxygen atoms in total. The molecule has 1 aromatic rings. The minimum atomic E-state index is -4.73. The number of aromatic nitrogens is 3.